The molecule has 0 aliphatic heterocycles. The molecule has 0 atom stereocenters. The first-order valence-electron chi connectivity index (χ1n) is 8.98. The molecule has 3 aromatic rings. The largest absolute Gasteiger partial charge is 0.324 e. The van der Waals surface area contributed by atoms with Gasteiger partial charge in [0, 0.05) is 12.1 Å². The van der Waals surface area contributed by atoms with Crippen LogP contribution in [0.25, 0.3) is 22.4 Å². The summed E-state index contributed by atoms with van der Waals surface area (Å²) in [6.45, 7) is 11.0. The van der Waals surface area contributed by atoms with Gasteiger partial charge in [0.15, 0.2) is 0 Å². The van der Waals surface area contributed by atoms with Crippen LogP contribution in [-0.4, -0.2) is 34.1 Å². The molecule has 0 aliphatic carbocycles. The van der Waals surface area contributed by atoms with E-state index in [-0.39, 0.29) is 0 Å². The molecule has 1 aromatic heterocycles. The number of hydrogen-bond acceptors (Lipinski definition) is 2. The lowest BCUT2D eigenvalue weighted by molar-refractivity contribution is 0.294. The van der Waals surface area contributed by atoms with Crippen LogP contribution in [0.15, 0.2) is 48.5 Å². The number of hydrogen-bond donors (Lipinski definition) is 0. The van der Waals surface area contributed by atoms with Crippen molar-refractivity contribution in [3.63, 3.8) is 0 Å². The van der Waals surface area contributed by atoms with Crippen LogP contribution in [0.1, 0.15) is 25.8 Å². The molecule has 0 aliphatic rings. The Morgan fingerprint density at radius 3 is 2.42 bits per heavy atom. The molecule has 2 aromatic carbocycles. The summed E-state index contributed by atoms with van der Waals surface area (Å²) in [7, 11) is 0. The third kappa shape index (κ3) is 3.36. The number of nitrogens with zero attached hydrogens (tertiary/aromatic N) is 3. The lowest BCUT2D eigenvalue weighted by Gasteiger charge is -2.18. The minimum Gasteiger partial charge on any atom is -0.324 e. The Balaban J connectivity index is 1.95. The van der Waals surface area contributed by atoms with Crippen molar-refractivity contribution in [2.45, 2.75) is 33.7 Å². The summed E-state index contributed by atoms with van der Waals surface area (Å²) >= 11 is 0. The summed E-state index contributed by atoms with van der Waals surface area (Å²) < 4.78 is 2.39. The van der Waals surface area contributed by atoms with Gasteiger partial charge in [-0.05, 0) is 50.7 Å². The van der Waals surface area contributed by atoms with Gasteiger partial charge < -0.3 is 9.47 Å². The second kappa shape index (κ2) is 7.63. The SMILES string of the molecule is CCN(CC)CCCn1c(-c2ccccc2C)nc2ccccc21. The Bertz CT molecular complexity index is 800. The number of imidazole rings is 1. The lowest BCUT2D eigenvalue weighted by Crippen LogP contribution is -2.24. The molecule has 3 heteroatoms. The molecule has 3 rings (SSSR count). The van der Waals surface area contributed by atoms with E-state index >= 15 is 0 Å². The minimum absolute atomic E-state index is 1.00. The van der Waals surface area contributed by atoms with Crippen LogP contribution in [0.2, 0.25) is 0 Å². The van der Waals surface area contributed by atoms with E-state index in [1.807, 2.05) is 0 Å². The van der Waals surface area contributed by atoms with Gasteiger partial charge in [0.2, 0.25) is 0 Å². The fourth-order valence-electron chi connectivity index (χ4n) is 3.32. The van der Waals surface area contributed by atoms with Crippen molar-refractivity contribution in [2.75, 3.05) is 19.6 Å². The molecule has 3 nitrogen and oxygen atoms in total. The van der Waals surface area contributed by atoms with Crippen molar-refractivity contribution < 1.29 is 0 Å². The number of aromatic nitrogens is 2. The smallest absolute Gasteiger partial charge is 0.141 e. The maximum absolute atomic E-state index is 4.93. The summed E-state index contributed by atoms with van der Waals surface area (Å²) in [5.74, 6) is 1.09. The highest BCUT2D eigenvalue weighted by Crippen LogP contribution is 2.27. The molecule has 0 N–H and O–H groups in total. The summed E-state index contributed by atoms with van der Waals surface area (Å²) in [5, 5.41) is 0. The standard InChI is InChI=1S/C21H27N3/c1-4-23(5-2)15-10-16-24-20-14-9-8-13-19(20)22-21(24)18-12-7-6-11-17(18)3/h6-9,11-14H,4-5,10,15-16H2,1-3H3. The van der Waals surface area contributed by atoms with Crippen molar-refractivity contribution in [2.24, 2.45) is 0 Å². The monoisotopic (exact) mass is 321 g/mol. The van der Waals surface area contributed by atoms with E-state index in [1.54, 1.807) is 0 Å². The fraction of sp³-hybridized carbons (Fsp3) is 0.381. The highest BCUT2D eigenvalue weighted by molar-refractivity contribution is 5.81. The van der Waals surface area contributed by atoms with Crippen molar-refractivity contribution in [3.8, 4) is 11.4 Å². The van der Waals surface area contributed by atoms with Gasteiger partial charge in [-0.3, -0.25) is 0 Å². The molecular formula is C21H27N3. The van der Waals surface area contributed by atoms with Crippen molar-refractivity contribution in [3.05, 3.63) is 54.1 Å². The predicted molar refractivity (Wildman–Crippen MR) is 102 cm³/mol. The van der Waals surface area contributed by atoms with Gasteiger partial charge in [0.1, 0.15) is 5.82 Å². The summed E-state index contributed by atoms with van der Waals surface area (Å²) in [6, 6.07) is 17.0. The topological polar surface area (TPSA) is 21.1 Å². The van der Waals surface area contributed by atoms with Crippen LogP contribution in [0.4, 0.5) is 0 Å². The van der Waals surface area contributed by atoms with E-state index in [4.69, 9.17) is 4.98 Å². The second-order valence-corrected chi connectivity index (χ2v) is 6.27. The van der Waals surface area contributed by atoms with Gasteiger partial charge in [0.25, 0.3) is 0 Å². The van der Waals surface area contributed by atoms with E-state index < -0.39 is 0 Å². The minimum atomic E-state index is 1.00. The van der Waals surface area contributed by atoms with Crippen LogP contribution in [-0.2, 0) is 6.54 Å². The normalized spacial score (nSPS) is 11.5. The van der Waals surface area contributed by atoms with Crippen LogP contribution < -0.4 is 0 Å². The van der Waals surface area contributed by atoms with Gasteiger partial charge in [0.05, 0.1) is 11.0 Å². The third-order valence-electron chi connectivity index (χ3n) is 4.79. The maximum Gasteiger partial charge on any atom is 0.141 e. The highest BCUT2D eigenvalue weighted by atomic mass is 15.1. The summed E-state index contributed by atoms with van der Waals surface area (Å²) in [6.07, 6.45) is 1.14. The molecule has 24 heavy (non-hydrogen) atoms. The Kier molecular flexibility index (Phi) is 5.31. The molecule has 126 valence electrons. The molecule has 0 amide bonds. The van der Waals surface area contributed by atoms with Crippen molar-refractivity contribution in [1.82, 2.24) is 14.5 Å². The number of rotatable bonds is 7. The molecule has 0 fully saturated rings. The Morgan fingerprint density at radius 2 is 1.67 bits per heavy atom. The number of fused-ring (bicyclic) bond motifs is 1. The van der Waals surface area contributed by atoms with Gasteiger partial charge in [-0.25, -0.2) is 4.98 Å². The lowest BCUT2D eigenvalue weighted by atomic mass is 10.1. The van der Waals surface area contributed by atoms with E-state index in [9.17, 15) is 0 Å². The molecular weight excluding hydrogens is 294 g/mol. The van der Waals surface area contributed by atoms with Gasteiger partial charge in [-0.15, -0.1) is 0 Å². The Morgan fingerprint density at radius 1 is 0.958 bits per heavy atom. The predicted octanol–water partition coefficient (Wildman–Crippen LogP) is 4.74. The zero-order valence-corrected chi connectivity index (χ0v) is 15.0. The van der Waals surface area contributed by atoms with Crippen molar-refractivity contribution >= 4 is 11.0 Å². The van der Waals surface area contributed by atoms with Crippen LogP contribution in [0, 0.1) is 6.92 Å². The molecule has 0 unspecified atom stereocenters. The van der Waals surface area contributed by atoms with E-state index in [0.29, 0.717) is 0 Å². The molecule has 1 heterocycles. The average molecular weight is 321 g/mol. The Hall–Kier alpha value is -2.13. The summed E-state index contributed by atoms with van der Waals surface area (Å²) in [4.78, 5) is 7.41. The third-order valence-corrected chi connectivity index (χ3v) is 4.79. The maximum atomic E-state index is 4.93. The quantitative estimate of drug-likeness (QED) is 0.626. The van der Waals surface area contributed by atoms with Gasteiger partial charge >= 0.3 is 0 Å². The van der Waals surface area contributed by atoms with E-state index in [1.165, 1.54) is 16.6 Å². The first-order valence-corrected chi connectivity index (χ1v) is 8.98. The fourth-order valence-corrected chi connectivity index (χ4v) is 3.32. The number of para-hydroxylation sites is 2. The zero-order valence-electron chi connectivity index (χ0n) is 15.0. The van der Waals surface area contributed by atoms with Crippen LogP contribution in [0.3, 0.4) is 0 Å². The summed E-state index contributed by atoms with van der Waals surface area (Å²) in [5.41, 5.74) is 4.82. The van der Waals surface area contributed by atoms with E-state index in [0.717, 1.165) is 43.9 Å². The molecule has 0 saturated heterocycles. The highest BCUT2D eigenvalue weighted by Gasteiger charge is 2.13. The Labute approximate surface area is 144 Å². The molecule has 0 radical (unpaired) electrons. The first-order chi connectivity index (χ1) is 11.7. The zero-order chi connectivity index (χ0) is 16.9. The van der Waals surface area contributed by atoms with Crippen molar-refractivity contribution in [1.29, 1.82) is 0 Å². The molecule has 0 bridgehead atoms. The first kappa shape index (κ1) is 16.7. The molecule has 0 spiro atoms. The average Bonchev–Trinajstić information content (AvgIpc) is 2.98. The van der Waals surface area contributed by atoms with Crippen LogP contribution in [0.5, 0.6) is 0 Å². The second-order valence-electron chi connectivity index (χ2n) is 6.27. The molecule has 0 saturated carbocycles. The van der Waals surface area contributed by atoms with Gasteiger partial charge in [-0.2, -0.15) is 0 Å². The van der Waals surface area contributed by atoms with Gasteiger partial charge in [-0.1, -0.05) is 50.2 Å². The number of aryl methyl sites for hydroxylation is 2. The van der Waals surface area contributed by atoms with E-state index in [2.05, 4.69) is 78.8 Å². The number of benzene rings is 2. The van der Waals surface area contributed by atoms with Crippen LogP contribution >= 0.6 is 0 Å².